The molecule has 0 fully saturated rings. The molecule has 5 nitrogen and oxygen atoms in total. The second kappa shape index (κ2) is 3.38. The lowest BCUT2D eigenvalue weighted by atomic mass is 10.2. The molecule has 0 aliphatic rings. The normalized spacial score (nSPS) is 9.77. The van der Waals surface area contributed by atoms with E-state index in [2.05, 4.69) is 9.84 Å². The fourth-order valence-electron chi connectivity index (χ4n) is 1.15. The van der Waals surface area contributed by atoms with Crippen LogP contribution >= 0.6 is 0 Å². The quantitative estimate of drug-likeness (QED) is 0.488. The molecule has 1 aromatic rings. The number of hydrogen-bond acceptors (Lipinski definition) is 4. The van der Waals surface area contributed by atoms with E-state index in [0.29, 0.717) is 12.0 Å². The van der Waals surface area contributed by atoms with Crippen LogP contribution in [0.15, 0.2) is 0 Å². The number of rotatable bonds is 2. The number of esters is 1. The predicted molar refractivity (Wildman–Crippen MR) is 44.7 cm³/mol. The summed E-state index contributed by atoms with van der Waals surface area (Å²) in [6.07, 6.45) is 0.606. The second-order valence-corrected chi connectivity index (χ2v) is 2.58. The van der Waals surface area contributed by atoms with Crippen LogP contribution in [0.4, 0.5) is 0 Å². The van der Waals surface area contributed by atoms with E-state index in [4.69, 9.17) is 0 Å². The number of aryl methyl sites for hydroxylation is 2. The Hall–Kier alpha value is -1.65. The SMILES string of the molecule is COC(=O)c1c(C=O)c(C)nn1C. The first kappa shape index (κ1) is 9.44. The predicted octanol–water partition coefficient (Wildman–Crippen LogP) is 0.328. The zero-order valence-electron chi connectivity index (χ0n) is 7.70. The van der Waals surface area contributed by atoms with E-state index in [1.165, 1.54) is 11.8 Å². The van der Waals surface area contributed by atoms with Crippen LogP contribution in [-0.2, 0) is 11.8 Å². The highest BCUT2D eigenvalue weighted by molar-refractivity contribution is 5.97. The molecule has 0 atom stereocenters. The summed E-state index contributed by atoms with van der Waals surface area (Å²) < 4.78 is 5.85. The van der Waals surface area contributed by atoms with Crippen molar-refractivity contribution in [2.45, 2.75) is 6.92 Å². The first-order chi connectivity index (χ1) is 6.11. The Bertz CT molecular complexity index is 355. The maximum atomic E-state index is 11.2. The zero-order valence-corrected chi connectivity index (χ0v) is 7.70. The number of nitrogens with zero attached hydrogens (tertiary/aromatic N) is 2. The maximum Gasteiger partial charge on any atom is 0.357 e. The van der Waals surface area contributed by atoms with Crippen molar-refractivity contribution in [1.82, 2.24) is 9.78 Å². The topological polar surface area (TPSA) is 61.2 Å². The summed E-state index contributed by atoms with van der Waals surface area (Å²) in [7, 11) is 2.85. The molecule has 1 heterocycles. The highest BCUT2D eigenvalue weighted by Crippen LogP contribution is 2.11. The number of methoxy groups -OCH3 is 1. The fraction of sp³-hybridized carbons (Fsp3) is 0.375. The van der Waals surface area contributed by atoms with Crippen LogP contribution in [0, 0.1) is 6.92 Å². The van der Waals surface area contributed by atoms with Crippen LogP contribution in [0.3, 0.4) is 0 Å². The molecule has 70 valence electrons. The van der Waals surface area contributed by atoms with E-state index in [9.17, 15) is 9.59 Å². The van der Waals surface area contributed by atoms with Crippen molar-refractivity contribution in [1.29, 1.82) is 0 Å². The second-order valence-electron chi connectivity index (χ2n) is 2.58. The molecule has 0 radical (unpaired) electrons. The van der Waals surface area contributed by atoms with Gasteiger partial charge in [-0.05, 0) is 6.92 Å². The molecule has 0 unspecified atom stereocenters. The number of hydrogen-bond donors (Lipinski definition) is 0. The number of carbonyl (C=O) groups excluding carboxylic acids is 2. The molecule has 0 aliphatic carbocycles. The Kier molecular flexibility index (Phi) is 2.46. The minimum absolute atomic E-state index is 0.190. The molecule has 0 saturated carbocycles. The summed E-state index contributed by atoms with van der Waals surface area (Å²) in [5.41, 5.74) is 1.00. The van der Waals surface area contributed by atoms with Gasteiger partial charge in [0.05, 0.1) is 18.4 Å². The third-order valence-corrected chi connectivity index (χ3v) is 1.77. The monoisotopic (exact) mass is 182 g/mol. The van der Waals surface area contributed by atoms with Gasteiger partial charge in [0.25, 0.3) is 0 Å². The van der Waals surface area contributed by atoms with Crippen molar-refractivity contribution in [3.8, 4) is 0 Å². The van der Waals surface area contributed by atoms with Crippen molar-refractivity contribution in [3.05, 3.63) is 17.0 Å². The average Bonchev–Trinajstić information content (AvgIpc) is 2.39. The first-order valence-electron chi connectivity index (χ1n) is 3.69. The average molecular weight is 182 g/mol. The van der Waals surface area contributed by atoms with E-state index in [-0.39, 0.29) is 11.3 Å². The summed E-state index contributed by atoms with van der Waals surface area (Å²) in [6.45, 7) is 1.66. The molecule has 0 aromatic carbocycles. The molecule has 0 saturated heterocycles. The van der Waals surface area contributed by atoms with Crippen molar-refractivity contribution in [3.63, 3.8) is 0 Å². The minimum atomic E-state index is -0.551. The summed E-state index contributed by atoms with van der Waals surface area (Å²) in [5, 5.41) is 3.94. The van der Waals surface area contributed by atoms with Crippen LogP contribution < -0.4 is 0 Å². The zero-order chi connectivity index (χ0) is 10.0. The Morgan fingerprint density at radius 3 is 2.69 bits per heavy atom. The Morgan fingerprint density at radius 2 is 2.23 bits per heavy atom. The fourth-order valence-corrected chi connectivity index (χ4v) is 1.15. The van der Waals surface area contributed by atoms with Gasteiger partial charge in [-0.25, -0.2) is 4.79 Å². The van der Waals surface area contributed by atoms with Gasteiger partial charge >= 0.3 is 5.97 Å². The number of aromatic nitrogens is 2. The van der Waals surface area contributed by atoms with Crippen LogP contribution in [0.1, 0.15) is 26.5 Å². The van der Waals surface area contributed by atoms with Crippen molar-refractivity contribution < 1.29 is 14.3 Å². The van der Waals surface area contributed by atoms with Gasteiger partial charge in [0.1, 0.15) is 0 Å². The van der Waals surface area contributed by atoms with Gasteiger partial charge < -0.3 is 4.74 Å². The number of ether oxygens (including phenoxy) is 1. The molecule has 0 aliphatic heterocycles. The van der Waals surface area contributed by atoms with Crippen LogP contribution in [0.25, 0.3) is 0 Å². The number of carbonyl (C=O) groups is 2. The lowest BCUT2D eigenvalue weighted by Gasteiger charge is -1.99. The van der Waals surface area contributed by atoms with Gasteiger partial charge in [-0.3, -0.25) is 9.48 Å². The molecule has 13 heavy (non-hydrogen) atoms. The highest BCUT2D eigenvalue weighted by atomic mass is 16.5. The summed E-state index contributed by atoms with van der Waals surface area (Å²) in [5.74, 6) is -0.551. The first-order valence-corrected chi connectivity index (χ1v) is 3.69. The highest BCUT2D eigenvalue weighted by Gasteiger charge is 2.19. The molecule has 0 spiro atoms. The number of aldehydes is 1. The van der Waals surface area contributed by atoms with Crippen LogP contribution in [-0.4, -0.2) is 29.1 Å². The molecule has 0 bridgehead atoms. The van der Waals surface area contributed by atoms with Gasteiger partial charge in [-0.1, -0.05) is 0 Å². The van der Waals surface area contributed by atoms with Gasteiger partial charge in [0, 0.05) is 7.05 Å². The Labute approximate surface area is 75.3 Å². The standard InChI is InChI=1S/C8H10N2O3/c1-5-6(4-11)7(8(12)13-3)10(2)9-5/h4H,1-3H3. The third kappa shape index (κ3) is 1.44. The van der Waals surface area contributed by atoms with E-state index in [1.54, 1.807) is 14.0 Å². The van der Waals surface area contributed by atoms with E-state index >= 15 is 0 Å². The Balaban J connectivity index is 3.32. The van der Waals surface area contributed by atoms with Gasteiger partial charge in [-0.2, -0.15) is 5.10 Å². The minimum Gasteiger partial charge on any atom is -0.464 e. The van der Waals surface area contributed by atoms with Crippen LogP contribution in [0.2, 0.25) is 0 Å². The molecule has 1 aromatic heterocycles. The summed E-state index contributed by atoms with van der Waals surface area (Å²) >= 11 is 0. The molecule has 0 N–H and O–H groups in total. The molecule has 5 heteroatoms. The molecule has 1 rings (SSSR count). The third-order valence-electron chi connectivity index (χ3n) is 1.77. The van der Waals surface area contributed by atoms with E-state index < -0.39 is 5.97 Å². The molecule has 0 amide bonds. The van der Waals surface area contributed by atoms with E-state index in [1.807, 2.05) is 0 Å². The summed E-state index contributed by atoms with van der Waals surface area (Å²) in [4.78, 5) is 21.8. The van der Waals surface area contributed by atoms with Crippen molar-refractivity contribution >= 4 is 12.3 Å². The van der Waals surface area contributed by atoms with Crippen molar-refractivity contribution in [2.75, 3.05) is 7.11 Å². The summed E-state index contributed by atoms with van der Waals surface area (Å²) in [6, 6.07) is 0. The van der Waals surface area contributed by atoms with Crippen LogP contribution in [0.5, 0.6) is 0 Å². The van der Waals surface area contributed by atoms with Gasteiger partial charge in [0.2, 0.25) is 0 Å². The lowest BCUT2D eigenvalue weighted by Crippen LogP contribution is -2.10. The van der Waals surface area contributed by atoms with Gasteiger partial charge in [-0.15, -0.1) is 0 Å². The smallest absolute Gasteiger partial charge is 0.357 e. The van der Waals surface area contributed by atoms with Gasteiger partial charge in [0.15, 0.2) is 12.0 Å². The molecular weight excluding hydrogens is 172 g/mol. The molecular formula is C8H10N2O3. The lowest BCUT2D eigenvalue weighted by molar-refractivity contribution is 0.0586. The van der Waals surface area contributed by atoms with Crippen molar-refractivity contribution in [2.24, 2.45) is 7.05 Å². The maximum absolute atomic E-state index is 11.2. The Morgan fingerprint density at radius 1 is 1.62 bits per heavy atom. The van der Waals surface area contributed by atoms with E-state index in [0.717, 1.165) is 0 Å². The largest absolute Gasteiger partial charge is 0.464 e.